The van der Waals surface area contributed by atoms with Crippen molar-refractivity contribution in [1.82, 2.24) is 0 Å². The normalized spacial score (nSPS) is 11.0. The number of nitrogens with zero attached hydrogens (tertiary/aromatic N) is 1. The standard InChI is InChI=1S/C21H19NO2S/c1-3-24-21(23)19-18(17-12-8-5-9-13-17)15(2)25-20(19)22-14-16-10-6-4-7-11-16/h4-14H,3H2,1-2H3. The Bertz CT molecular complexity index is 883. The first-order valence-corrected chi connectivity index (χ1v) is 8.97. The van der Waals surface area contributed by atoms with Crippen LogP contribution in [0.2, 0.25) is 0 Å². The average molecular weight is 349 g/mol. The van der Waals surface area contributed by atoms with Gasteiger partial charge in [-0.15, -0.1) is 11.3 Å². The van der Waals surface area contributed by atoms with Crippen molar-refractivity contribution in [3.8, 4) is 11.1 Å². The van der Waals surface area contributed by atoms with E-state index in [4.69, 9.17) is 4.74 Å². The SMILES string of the molecule is CCOC(=O)c1c(N=Cc2ccccc2)sc(C)c1-c1ccccc1. The lowest BCUT2D eigenvalue weighted by Crippen LogP contribution is -2.05. The van der Waals surface area contributed by atoms with Crippen LogP contribution < -0.4 is 0 Å². The van der Waals surface area contributed by atoms with Gasteiger partial charge in [0.15, 0.2) is 0 Å². The van der Waals surface area contributed by atoms with Crippen LogP contribution in [0.15, 0.2) is 65.7 Å². The molecule has 0 saturated carbocycles. The fourth-order valence-corrected chi connectivity index (χ4v) is 3.64. The van der Waals surface area contributed by atoms with Crippen molar-refractivity contribution in [3.63, 3.8) is 0 Å². The molecule has 0 aliphatic heterocycles. The molecule has 1 heterocycles. The lowest BCUT2D eigenvalue weighted by atomic mass is 10.0. The molecule has 4 heteroatoms. The third kappa shape index (κ3) is 3.86. The lowest BCUT2D eigenvalue weighted by molar-refractivity contribution is 0.0529. The average Bonchev–Trinajstić information content (AvgIpc) is 2.98. The zero-order valence-electron chi connectivity index (χ0n) is 14.2. The van der Waals surface area contributed by atoms with Crippen molar-refractivity contribution in [1.29, 1.82) is 0 Å². The number of hydrogen-bond donors (Lipinski definition) is 0. The fraction of sp³-hybridized carbons (Fsp3) is 0.143. The Balaban J connectivity index is 2.09. The second-order valence-electron chi connectivity index (χ2n) is 5.47. The molecule has 3 aromatic rings. The van der Waals surface area contributed by atoms with E-state index >= 15 is 0 Å². The Labute approximate surface area is 151 Å². The molecule has 0 atom stereocenters. The quantitative estimate of drug-likeness (QED) is 0.441. The Hall–Kier alpha value is -2.72. The van der Waals surface area contributed by atoms with Gasteiger partial charge >= 0.3 is 5.97 Å². The zero-order valence-corrected chi connectivity index (χ0v) is 15.0. The van der Waals surface area contributed by atoms with Crippen LogP contribution in [0.1, 0.15) is 27.7 Å². The first-order valence-electron chi connectivity index (χ1n) is 8.15. The molecule has 3 nitrogen and oxygen atoms in total. The number of aliphatic imine (C=N–C) groups is 1. The molecule has 0 spiro atoms. The van der Waals surface area contributed by atoms with E-state index in [0.717, 1.165) is 21.6 Å². The molecule has 0 aliphatic rings. The predicted octanol–water partition coefficient (Wildman–Crippen LogP) is 5.65. The van der Waals surface area contributed by atoms with Gasteiger partial charge in [-0.1, -0.05) is 60.7 Å². The summed E-state index contributed by atoms with van der Waals surface area (Å²) in [6.07, 6.45) is 1.78. The van der Waals surface area contributed by atoms with Crippen LogP contribution in [-0.4, -0.2) is 18.8 Å². The molecule has 0 N–H and O–H groups in total. The van der Waals surface area contributed by atoms with Gasteiger partial charge in [0.05, 0.1) is 6.61 Å². The molecule has 1 aromatic heterocycles. The van der Waals surface area contributed by atoms with Crippen LogP contribution in [-0.2, 0) is 4.74 Å². The first-order chi connectivity index (χ1) is 12.2. The predicted molar refractivity (Wildman–Crippen MR) is 104 cm³/mol. The van der Waals surface area contributed by atoms with Gasteiger partial charge in [0.1, 0.15) is 10.6 Å². The molecule has 0 radical (unpaired) electrons. The molecule has 126 valence electrons. The molecule has 0 bridgehead atoms. The number of ether oxygens (including phenoxy) is 1. The van der Waals surface area contributed by atoms with E-state index in [-0.39, 0.29) is 5.97 Å². The number of aryl methyl sites for hydroxylation is 1. The van der Waals surface area contributed by atoms with Gasteiger partial charge in [0.25, 0.3) is 0 Å². The Morgan fingerprint density at radius 3 is 2.36 bits per heavy atom. The maximum atomic E-state index is 12.6. The van der Waals surface area contributed by atoms with Gasteiger partial charge in [-0.25, -0.2) is 9.79 Å². The maximum Gasteiger partial charge on any atom is 0.341 e. The third-order valence-corrected chi connectivity index (χ3v) is 4.75. The molecule has 0 unspecified atom stereocenters. The van der Waals surface area contributed by atoms with E-state index in [9.17, 15) is 4.79 Å². The van der Waals surface area contributed by atoms with Crippen molar-refractivity contribution in [2.45, 2.75) is 13.8 Å². The van der Waals surface area contributed by atoms with E-state index in [1.165, 1.54) is 11.3 Å². The van der Waals surface area contributed by atoms with E-state index in [1.807, 2.05) is 74.5 Å². The highest BCUT2D eigenvalue weighted by Gasteiger charge is 2.23. The van der Waals surface area contributed by atoms with Crippen molar-refractivity contribution in [3.05, 3.63) is 76.7 Å². The summed E-state index contributed by atoms with van der Waals surface area (Å²) in [5.74, 6) is -0.328. The highest BCUT2D eigenvalue weighted by atomic mass is 32.1. The number of benzene rings is 2. The molecular weight excluding hydrogens is 330 g/mol. The van der Waals surface area contributed by atoms with E-state index in [2.05, 4.69) is 4.99 Å². The van der Waals surface area contributed by atoms with Crippen molar-refractivity contribution < 1.29 is 9.53 Å². The molecule has 0 aliphatic carbocycles. The summed E-state index contributed by atoms with van der Waals surface area (Å²) in [5, 5.41) is 0.679. The smallest absolute Gasteiger partial charge is 0.341 e. The number of carbonyl (C=O) groups excluding carboxylic acids is 1. The largest absolute Gasteiger partial charge is 0.462 e. The molecular formula is C21H19NO2S. The number of carbonyl (C=O) groups is 1. The van der Waals surface area contributed by atoms with E-state index in [1.54, 1.807) is 6.21 Å². The van der Waals surface area contributed by atoms with Gasteiger partial charge in [-0.05, 0) is 25.0 Å². The Kier molecular flexibility index (Phi) is 5.41. The van der Waals surface area contributed by atoms with Gasteiger partial charge in [-0.2, -0.15) is 0 Å². The molecule has 0 amide bonds. The third-order valence-electron chi connectivity index (χ3n) is 3.74. The summed E-state index contributed by atoms with van der Waals surface area (Å²) < 4.78 is 5.29. The van der Waals surface area contributed by atoms with Crippen molar-refractivity contribution >= 4 is 28.5 Å². The lowest BCUT2D eigenvalue weighted by Gasteiger charge is -2.06. The van der Waals surface area contributed by atoms with Crippen LogP contribution in [0.4, 0.5) is 5.00 Å². The second-order valence-corrected chi connectivity index (χ2v) is 6.67. The van der Waals surface area contributed by atoms with E-state index < -0.39 is 0 Å². The number of esters is 1. The Morgan fingerprint density at radius 1 is 1.08 bits per heavy atom. The van der Waals surface area contributed by atoms with E-state index in [0.29, 0.717) is 17.2 Å². The van der Waals surface area contributed by atoms with Gasteiger partial charge in [0, 0.05) is 16.7 Å². The minimum atomic E-state index is -0.328. The summed E-state index contributed by atoms with van der Waals surface area (Å²) in [7, 11) is 0. The van der Waals surface area contributed by atoms with Crippen molar-refractivity contribution in [2.24, 2.45) is 4.99 Å². The molecule has 25 heavy (non-hydrogen) atoms. The maximum absolute atomic E-state index is 12.6. The number of thiophene rings is 1. The van der Waals surface area contributed by atoms with Gasteiger partial charge in [0.2, 0.25) is 0 Å². The van der Waals surface area contributed by atoms with Gasteiger partial charge < -0.3 is 4.74 Å². The minimum absolute atomic E-state index is 0.328. The van der Waals surface area contributed by atoms with Crippen LogP contribution in [0.5, 0.6) is 0 Å². The van der Waals surface area contributed by atoms with Crippen molar-refractivity contribution in [2.75, 3.05) is 6.61 Å². The molecule has 2 aromatic carbocycles. The van der Waals surface area contributed by atoms with Gasteiger partial charge in [-0.3, -0.25) is 0 Å². The highest BCUT2D eigenvalue weighted by Crippen LogP contribution is 2.41. The highest BCUT2D eigenvalue weighted by molar-refractivity contribution is 7.16. The first kappa shape index (κ1) is 17.1. The monoisotopic (exact) mass is 349 g/mol. The summed E-state index contributed by atoms with van der Waals surface area (Å²) >= 11 is 1.51. The van der Waals surface area contributed by atoms with Crippen LogP contribution in [0.25, 0.3) is 11.1 Å². The van der Waals surface area contributed by atoms with Crippen LogP contribution >= 0.6 is 11.3 Å². The van der Waals surface area contributed by atoms with Crippen LogP contribution in [0.3, 0.4) is 0 Å². The second kappa shape index (κ2) is 7.90. The fourth-order valence-electron chi connectivity index (χ4n) is 2.64. The molecule has 0 fully saturated rings. The summed E-state index contributed by atoms with van der Waals surface area (Å²) in [5.41, 5.74) is 3.44. The summed E-state index contributed by atoms with van der Waals surface area (Å²) in [4.78, 5) is 18.2. The van der Waals surface area contributed by atoms with Crippen LogP contribution in [0, 0.1) is 6.92 Å². The summed E-state index contributed by atoms with van der Waals surface area (Å²) in [6.45, 7) is 4.16. The number of rotatable bonds is 5. The molecule has 3 rings (SSSR count). The summed E-state index contributed by atoms with van der Waals surface area (Å²) in [6, 6.07) is 19.7. The zero-order chi connectivity index (χ0) is 17.6. The Morgan fingerprint density at radius 2 is 1.72 bits per heavy atom. The number of hydrogen-bond acceptors (Lipinski definition) is 4. The minimum Gasteiger partial charge on any atom is -0.462 e. The topological polar surface area (TPSA) is 38.7 Å². The molecule has 0 saturated heterocycles.